The topological polar surface area (TPSA) is 127 Å². The summed E-state index contributed by atoms with van der Waals surface area (Å²) < 4.78 is 24.4. The van der Waals surface area contributed by atoms with E-state index >= 15 is 0 Å². The lowest BCUT2D eigenvalue weighted by Gasteiger charge is -2.18. The van der Waals surface area contributed by atoms with Crippen molar-refractivity contribution in [1.29, 1.82) is 0 Å². The number of anilines is 2. The minimum atomic E-state index is -3.43. The quantitative estimate of drug-likeness (QED) is 0.686. The van der Waals surface area contributed by atoms with E-state index < -0.39 is 22.0 Å². The minimum Gasteiger partial charge on any atom is -0.323 e. The second-order valence-corrected chi connectivity index (χ2v) is 7.73. The van der Waals surface area contributed by atoms with Gasteiger partial charge in [0.2, 0.25) is 26.2 Å². The zero-order chi connectivity index (χ0) is 17.0. The Kier molecular flexibility index (Phi) is 7.08. The van der Waals surface area contributed by atoms with Gasteiger partial charge in [0.1, 0.15) is 0 Å². The van der Waals surface area contributed by atoms with Crippen molar-refractivity contribution in [2.24, 2.45) is 11.7 Å². The predicted octanol–water partition coefficient (Wildman–Crippen LogP) is 1.61. The molecule has 2 rings (SSSR count). The predicted molar refractivity (Wildman–Crippen MR) is 96.8 cm³/mol. The van der Waals surface area contributed by atoms with Gasteiger partial charge in [0.25, 0.3) is 0 Å². The first-order valence-electron chi connectivity index (χ1n) is 6.69. The SMILES string of the molecule is CC(C(=O)Nc1nnc(NS(C)(=O)=O)s1)C(N)c1ccccc1.Cl. The molecule has 1 amide bonds. The lowest BCUT2D eigenvalue weighted by Crippen LogP contribution is -2.30. The molecule has 0 fully saturated rings. The molecule has 0 aliphatic rings. The second kappa shape index (κ2) is 8.38. The van der Waals surface area contributed by atoms with Crippen LogP contribution in [0.2, 0.25) is 0 Å². The van der Waals surface area contributed by atoms with E-state index in [1.165, 1.54) is 0 Å². The Balaban J connectivity index is 0.00000288. The third kappa shape index (κ3) is 5.71. The van der Waals surface area contributed by atoms with Crippen LogP contribution in [0, 0.1) is 5.92 Å². The Morgan fingerprint density at radius 1 is 1.21 bits per heavy atom. The third-order valence-electron chi connectivity index (χ3n) is 3.06. The van der Waals surface area contributed by atoms with Gasteiger partial charge in [-0.3, -0.25) is 9.52 Å². The Bertz CT molecular complexity index is 782. The van der Waals surface area contributed by atoms with Crippen molar-refractivity contribution in [3.05, 3.63) is 35.9 Å². The zero-order valence-electron chi connectivity index (χ0n) is 13.0. The van der Waals surface area contributed by atoms with Gasteiger partial charge in [-0.05, 0) is 5.56 Å². The van der Waals surface area contributed by atoms with Crippen LogP contribution >= 0.6 is 23.7 Å². The summed E-state index contributed by atoms with van der Waals surface area (Å²) in [6.07, 6.45) is 1.01. The molecule has 0 spiro atoms. The van der Waals surface area contributed by atoms with E-state index in [4.69, 9.17) is 5.73 Å². The Labute approximate surface area is 150 Å². The number of benzene rings is 1. The molecule has 0 aliphatic carbocycles. The van der Waals surface area contributed by atoms with Gasteiger partial charge in [0.05, 0.1) is 12.2 Å². The molecule has 4 N–H and O–H groups in total. The summed E-state index contributed by atoms with van der Waals surface area (Å²) in [5.41, 5.74) is 6.95. The van der Waals surface area contributed by atoms with Gasteiger partial charge >= 0.3 is 0 Å². The summed E-state index contributed by atoms with van der Waals surface area (Å²) >= 11 is 0.928. The normalized spacial score (nSPS) is 13.5. The number of sulfonamides is 1. The van der Waals surface area contributed by atoms with E-state index in [9.17, 15) is 13.2 Å². The molecule has 0 saturated heterocycles. The number of nitrogens with zero attached hydrogens (tertiary/aromatic N) is 2. The molecular weight excluding hydrogens is 374 g/mol. The summed E-state index contributed by atoms with van der Waals surface area (Å²) in [6, 6.07) is 8.83. The van der Waals surface area contributed by atoms with Crippen molar-refractivity contribution in [2.45, 2.75) is 13.0 Å². The van der Waals surface area contributed by atoms with E-state index in [-0.39, 0.29) is 28.6 Å². The van der Waals surface area contributed by atoms with Gasteiger partial charge in [-0.15, -0.1) is 22.6 Å². The fourth-order valence-corrected chi connectivity index (χ4v) is 3.30. The lowest BCUT2D eigenvalue weighted by molar-refractivity contribution is -0.120. The van der Waals surface area contributed by atoms with Crippen LogP contribution in [0.1, 0.15) is 18.5 Å². The van der Waals surface area contributed by atoms with E-state index in [0.717, 1.165) is 23.2 Å². The first kappa shape index (κ1) is 20.3. The summed E-state index contributed by atoms with van der Waals surface area (Å²) in [4.78, 5) is 12.2. The average molecular weight is 392 g/mol. The number of hydrogen-bond acceptors (Lipinski definition) is 7. The van der Waals surface area contributed by atoms with Gasteiger partial charge in [-0.1, -0.05) is 48.6 Å². The van der Waals surface area contributed by atoms with Crippen LogP contribution in [0.5, 0.6) is 0 Å². The zero-order valence-corrected chi connectivity index (χ0v) is 15.4. The Morgan fingerprint density at radius 3 is 2.38 bits per heavy atom. The van der Waals surface area contributed by atoms with Crippen molar-refractivity contribution in [3.63, 3.8) is 0 Å². The summed E-state index contributed by atoms with van der Waals surface area (Å²) in [5.74, 6) is -0.809. The number of rotatable bonds is 6. The molecule has 2 aromatic rings. The number of carbonyl (C=O) groups is 1. The molecule has 2 atom stereocenters. The van der Waals surface area contributed by atoms with Gasteiger partial charge < -0.3 is 11.1 Å². The lowest BCUT2D eigenvalue weighted by atomic mass is 9.95. The number of nitrogens with two attached hydrogens (primary N) is 1. The van der Waals surface area contributed by atoms with E-state index in [1.807, 2.05) is 30.3 Å². The van der Waals surface area contributed by atoms with Gasteiger partial charge in [0.15, 0.2) is 0 Å². The van der Waals surface area contributed by atoms with Crippen molar-refractivity contribution >= 4 is 49.9 Å². The first-order chi connectivity index (χ1) is 10.8. The average Bonchev–Trinajstić information content (AvgIpc) is 2.91. The number of aromatic nitrogens is 2. The van der Waals surface area contributed by atoms with Gasteiger partial charge in [-0.25, -0.2) is 8.42 Å². The van der Waals surface area contributed by atoms with Gasteiger partial charge in [0, 0.05) is 6.04 Å². The van der Waals surface area contributed by atoms with Crippen LogP contribution in [0.15, 0.2) is 30.3 Å². The molecule has 1 aromatic heterocycles. The molecular formula is C13H18ClN5O3S2. The Hall–Kier alpha value is -1.75. The molecule has 0 saturated carbocycles. The summed E-state index contributed by atoms with van der Waals surface area (Å²) in [6.45, 7) is 1.71. The highest BCUT2D eigenvalue weighted by molar-refractivity contribution is 7.92. The van der Waals surface area contributed by atoms with Crippen LogP contribution in [0.4, 0.5) is 10.3 Å². The highest BCUT2D eigenvalue weighted by atomic mass is 35.5. The smallest absolute Gasteiger partial charge is 0.231 e. The van der Waals surface area contributed by atoms with E-state index in [1.54, 1.807) is 6.92 Å². The van der Waals surface area contributed by atoms with Crippen LogP contribution in [-0.2, 0) is 14.8 Å². The molecule has 1 heterocycles. The molecule has 8 nitrogen and oxygen atoms in total. The van der Waals surface area contributed by atoms with Crippen LogP contribution in [0.25, 0.3) is 0 Å². The summed E-state index contributed by atoms with van der Waals surface area (Å²) in [7, 11) is -3.43. The van der Waals surface area contributed by atoms with Gasteiger partial charge in [-0.2, -0.15) is 0 Å². The first-order valence-corrected chi connectivity index (χ1v) is 9.40. The standard InChI is InChI=1S/C13H17N5O3S2.ClH/c1-8(10(14)9-6-4-3-5-7-9)11(19)15-12-16-17-13(22-12)18-23(2,20)21;/h3-8,10H,14H2,1-2H3,(H,17,18)(H,15,16,19);1H. The molecule has 24 heavy (non-hydrogen) atoms. The molecule has 11 heteroatoms. The van der Waals surface area contributed by atoms with Crippen molar-refractivity contribution in [2.75, 3.05) is 16.3 Å². The molecule has 0 radical (unpaired) electrons. The number of halogens is 1. The maximum Gasteiger partial charge on any atom is 0.231 e. The van der Waals surface area contributed by atoms with E-state index in [2.05, 4.69) is 20.2 Å². The van der Waals surface area contributed by atoms with Crippen molar-refractivity contribution in [1.82, 2.24) is 10.2 Å². The molecule has 2 unspecified atom stereocenters. The molecule has 0 bridgehead atoms. The third-order valence-corrected chi connectivity index (χ3v) is 4.51. The van der Waals surface area contributed by atoms with E-state index in [0.29, 0.717) is 0 Å². The fraction of sp³-hybridized carbons (Fsp3) is 0.308. The fourth-order valence-electron chi connectivity index (χ4n) is 1.82. The van der Waals surface area contributed by atoms with Crippen LogP contribution in [-0.4, -0.2) is 30.8 Å². The molecule has 132 valence electrons. The molecule has 1 aromatic carbocycles. The second-order valence-electron chi connectivity index (χ2n) is 5.00. The van der Waals surface area contributed by atoms with Crippen LogP contribution in [0.3, 0.4) is 0 Å². The minimum absolute atomic E-state index is 0. The van der Waals surface area contributed by atoms with Crippen molar-refractivity contribution < 1.29 is 13.2 Å². The largest absolute Gasteiger partial charge is 0.323 e. The molecule has 0 aliphatic heterocycles. The Morgan fingerprint density at radius 2 is 1.79 bits per heavy atom. The number of nitrogens with one attached hydrogen (secondary N) is 2. The van der Waals surface area contributed by atoms with Crippen LogP contribution < -0.4 is 15.8 Å². The highest BCUT2D eigenvalue weighted by Crippen LogP contribution is 2.24. The number of hydrogen-bond donors (Lipinski definition) is 3. The van der Waals surface area contributed by atoms with Crippen molar-refractivity contribution in [3.8, 4) is 0 Å². The number of amides is 1. The maximum atomic E-state index is 12.2. The maximum absolute atomic E-state index is 12.2. The monoisotopic (exact) mass is 391 g/mol. The highest BCUT2D eigenvalue weighted by Gasteiger charge is 2.23. The summed E-state index contributed by atoms with van der Waals surface area (Å²) in [5, 5.41) is 10.3. The number of carbonyl (C=O) groups excluding carboxylic acids is 1.